The van der Waals surface area contributed by atoms with E-state index >= 15 is 0 Å². The van der Waals surface area contributed by atoms with Gasteiger partial charge in [0.2, 0.25) is 0 Å². The minimum Gasteiger partial charge on any atom is -0.493 e. The maximum absolute atomic E-state index is 9.05. The number of ether oxygens (including phenoxy) is 1. The minimum absolute atomic E-state index is 0.289. The Bertz CT molecular complexity index is 134. The van der Waals surface area contributed by atoms with E-state index < -0.39 is 18.3 Å². The second-order valence-corrected chi connectivity index (χ2v) is 2.17. The van der Waals surface area contributed by atoms with Gasteiger partial charge in [-0.25, -0.2) is 0 Å². The van der Waals surface area contributed by atoms with Crippen molar-refractivity contribution in [2.24, 2.45) is 0 Å². The summed E-state index contributed by atoms with van der Waals surface area (Å²) in [5, 5.41) is 26.6. The van der Waals surface area contributed by atoms with Gasteiger partial charge in [0.25, 0.3) is 0 Å². The highest BCUT2D eigenvalue weighted by Crippen LogP contribution is 2.10. The molecule has 1 rings (SSSR count). The van der Waals surface area contributed by atoms with Crippen molar-refractivity contribution >= 4 is 0 Å². The van der Waals surface area contributed by atoms with Crippen LogP contribution in [-0.4, -0.2) is 40.2 Å². The third-order valence-electron chi connectivity index (χ3n) is 1.44. The van der Waals surface area contributed by atoms with Gasteiger partial charge in [-0.05, 0) is 6.08 Å². The Kier molecular flexibility index (Phi) is 2.26. The molecule has 1 heterocycles. The number of aliphatic hydroxyl groups is 3. The van der Waals surface area contributed by atoms with E-state index in [1.165, 1.54) is 12.3 Å². The van der Waals surface area contributed by atoms with Crippen molar-refractivity contribution < 1.29 is 20.1 Å². The minimum atomic E-state index is -1.02. The molecule has 1 aliphatic rings. The van der Waals surface area contributed by atoms with Gasteiger partial charge in [-0.15, -0.1) is 0 Å². The highest BCUT2D eigenvalue weighted by Gasteiger charge is 2.27. The molecule has 58 valence electrons. The zero-order valence-electron chi connectivity index (χ0n) is 5.34. The van der Waals surface area contributed by atoms with Crippen LogP contribution in [0.1, 0.15) is 0 Å². The van der Waals surface area contributed by atoms with E-state index in [0.717, 1.165) is 0 Å². The molecule has 1 aliphatic heterocycles. The van der Waals surface area contributed by atoms with Crippen LogP contribution in [0, 0.1) is 0 Å². The predicted octanol–water partition coefficient (Wildman–Crippen LogP) is -1.39. The molecular weight excluding hydrogens is 136 g/mol. The van der Waals surface area contributed by atoms with Crippen molar-refractivity contribution in [1.29, 1.82) is 0 Å². The van der Waals surface area contributed by atoms with Crippen molar-refractivity contribution in [3.05, 3.63) is 12.3 Å². The first-order valence-corrected chi connectivity index (χ1v) is 3.05. The Morgan fingerprint density at radius 3 is 2.60 bits per heavy atom. The lowest BCUT2D eigenvalue weighted by Gasteiger charge is -2.26. The number of aliphatic hydroxyl groups excluding tert-OH is 3. The molecule has 3 N–H and O–H groups in total. The Balaban J connectivity index is 2.56. The zero-order valence-corrected chi connectivity index (χ0v) is 5.34. The normalized spacial score (nSPS) is 39.3. The fourth-order valence-electron chi connectivity index (χ4n) is 0.792. The maximum Gasteiger partial charge on any atom is 0.149 e. The van der Waals surface area contributed by atoms with Crippen LogP contribution < -0.4 is 0 Å². The maximum atomic E-state index is 9.05. The number of hydrogen-bond acceptors (Lipinski definition) is 4. The van der Waals surface area contributed by atoms with Crippen molar-refractivity contribution in [2.45, 2.75) is 18.3 Å². The molecule has 3 atom stereocenters. The number of hydrogen-bond donors (Lipinski definition) is 3. The lowest BCUT2D eigenvalue weighted by Crippen LogP contribution is -2.42. The Labute approximate surface area is 58.4 Å². The number of rotatable bonds is 1. The van der Waals surface area contributed by atoms with Crippen molar-refractivity contribution in [2.75, 3.05) is 6.61 Å². The van der Waals surface area contributed by atoms with Crippen LogP contribution in [0.4, 0.5) is 0 Å². The van der Waals surface area contributed by atoms with Gasteiger partial charge in [0.1, 0.15) is 18.3 Å². The highest BCUT2D eigenvalue weighted by molar-refractivity contribution is 4.96. The summed E-state index contributed by atoms with van der Waals surface area (Å²) in [6.07, 6.45) is -0.0318. The summed E-state index contributed by atoms with van der Waals surface area (Å²) < 4.78 is 4.77. The van der Waals surface area contributed by atoms with Crippen LogP contribution in [0.25, 0.3) is 0 Å². The Morgan fingerprint density at radius 2 is 2.10 bits per heavy atom. The van der Waals surface area contributed by atoms with Gasteiger partial charge < -0.3 is 20.1 Å². The largest absolute Gasteiger partial charge is 0.493 e. The van der Waals surface area contributed by atoms with E-state index in [1.54, 1.807) is 0 Å². The standard InChI is InChI=1S/C6H10O4/c7-3-5-6(9)4(8)1-2-10-5/h1-2,4-9H,3H2/t4-,5-,6?/m1/s1. The van der Waals surface area contributed by atoms with Crippen LogP contribution in [-0.2, 0) is 4.74 Å². The lowest BCUT2D eigenvalue weighted by molar-refractivity contribution is -0.0808. The summed E-state index contributed by atoms with van der Waals surface area (Å²) in [6, 6.07) is 0. The molecule has 4 heteroatoms. The van der Waals surface area contributed by atoms with Crippen LogP contribution in [0.3, 0.4) is 0 Å². The van der Waals surface area contributed by atoms with Crippen molar-refractivity contribution in [3.63, 3.8) is 0 Å². The highest BCUT2D eigenvalue weighted by atomic mass is 16.5. The molecule has 4 nitrogen and oxygen atoms in total. The zero-order chi connectivity index (χ0) is 7.56. The molecular formula is C6H10O4. The molecule has 0 aromatic rings. The molecule has 0 radical (unpaired) electrons. The molecule has 0 amide bonds. The van der Waals surface area contributed by atoms with Crippen LogP contribution >= 0.6 is 0 Å². The van der Waals surface area contributed by atoms with Crippen LogP contribution in [0.15, 0.2) is 12.3 Å². The summed E-state index contributed by atoms with van der Waals surface area (Å²) in [7, 11) is 0. The first-order chi connectivity index (χ1) is 4.75. The molecule has 0 spiro atoms. The SMILES string of the molecule is OC[C@H]1OC=C[C@@H](O)C1O. The second-order valence-electron chi connectivity index (χ2n) is 2.17. The van der Waals surface area contributed by atoms with Gasteiger partial charge in [-0.3, -0.25) is 0 Å². The third-order valence-corrected chi connectivity index (χ3v) is 1.44. The monoisotopic (exact) mass is 146 g/mol. The summed E-state index contributed by atoms with van der Waals surface area (Å²) in [5.74, 6) is 0. The summed E-state index contributed by atoms with van der Waals surface area (Å²) in [6.45, 7) is -0.289. The molecule has 10 heavy (non-hydrogen) atoms. The molecule has 0 fully saturated rings. The molecule has 0 saturated carbocycles. The fourth-order valence-corrected chi connectivity index (χ4v) is 0.792. The van der Waals surface area contributed by atoms with Gasteiger partial charge in [0, 0.05) is 0 Å². The van der Waals surface area contributed by atoms with Crippen molar-refractivity contribution in [3.8, 4) is 0 Å². The average molecular weight is 146 g/mol. The lowest BCUT2D eigenvalue weighted by atomic mass is 10.1. The Hall–Kier alpha value is -0.580. The van der Waals surface area contributed by atoms with E-state index in [1.807, 2.05) is 0 Å². The summed E-state index contributed by atoms with van der Waals surface area (Å²) in [4.78, 5) is 0. The van der Waals surface area contributed by atoms with E-state index in [9.17, 15) is 0 Å². The molecule has 0 aromatic heterocycles. The molecule has 0 bridgehead atoms. The molecule has 0 aliphatic carbocycles. The smallest absolute Gasteiger partial charge is 0.149 e. The van der Waals surface area contributed by atoms with Gasteiger partial charge >= 0.3 is 0 Å². The molecule has 0 saturated heterocycles. The Morgan fingerprint density at radius 1 is 1.40 bits per heavy atom. The first-order valence-electron chi connectivity index (χ1n) is 3.05. The van der Waals surface area contributed by atoms with Gasteiger partial charge in [-0.1, -0.05) is 0 Å². The third kappa shape index (κ3) is 1.29. The average Bonchev–Trinajstić information content (AvgIpc) is 1.95. The van der Waals surface area contributed by atoms with E-state index in [2.05, 4.69) is 0 Å². The van der Waals surface area contributed by atoms with Gasteiger partial charge in [0.15, 0.2) is 0 Å². The summed E-state index contributed by atoms with van der Waals surface area (Å²) >= 11 is 0. The van der Waals surface area contributed by atoms with Crippen molar-refractivity contribution in [1.82, 2.24) is 0 Å². The van der Waals surface area contributed by atoms with E-state index in [-0.39, 0.29) is 6.61 Å². The second kappa shape index (κ2) is 3.01. The van der Waals surface area contributed by atoms with E-state index in [0.29, 0.717) is 0 Å². The van der Waals surface area contributed by atoms with Gasteiger partial charge in [0.05, 0.1) is 12.9 Å². The fraction of sp³-hybridized carbons (Fsp3) is 0.667. The first kappa shape index (κ1) is 7.53. The summed E-state index contributed by atoms with van der Waals surface area (Å²) in [5.41, 5.74) is 0. The predicted molar refractivity (Wildman–Crippen MR) is 33.1 cm³/mol. The van der Waals surface area contributed by atoms with Gasteiger partial charge in [-0.2, -0.15) is 0 Å². The quantitative estimate of drug-likeness (QED) is 0.426. The molecule has 0 aromatic carbocycles. The van der Waals surface area contributed by atoms with E-state index in [4.69, 9.17) is 20.1 Å². The van der Waals surface area contributed by atoms with Crippen LogP contribution in [0.2, 0.25) is 0 Å². The van der Waals surface area contributed by atoms with Crippen LogP contribution in [0.5, 0.6) is 0 Å². The molecule has 1 unspecified atom stereocenters. The topological polar surface area (TPSA) is 69.9 Å².